The van der Waals surface area contributed by atoms with Gasteiger partial charge in [0.05, 0.1) is 6.04 Å². The third-order valence-electron chi connectivity index (χ3n) is 5.23. The number of thiol groups is 1. The van der Waals surface area contributed by atoms with Gasteiger partial charge in [0.25, 0.3) is 5.09 Å². The zero-order chi connectivity index (χ0) is 23.2. The standard InChI is InChI=1S/C20H27N3O7S/c1-13(12-31)18(25)22-9-3-8-20(22,17(24)14(2)21)19(26)29-10-15-4-6-16(7-5-15)11-30-23(27)28/h4-7,13-14,31H,3,8-12,21H2,1-2H3/t13?,14?,20-/m0/s1. The number of carbonyl (C=O) groups is 3. The molecule has 0 bridgehead atoms. The number of ketones is 1. The molecule has 1 aliphatic rings. The number of amides is 1. The maximum atomic E-state index is 13.2. The van der Waals surface area contributed by atoms with Gasteiger partial charge < -0.3 is 20.2 Å². The number of hydrogen-bond acceptors (Lipinski definition) is 9. The van der Waals surface area contributed by atoms with E-state index in [9.17, 15) is 24.5 Å². The molecule has 2 rings (SSSR count). The lowest BCUT2D eigenvalue weighted by molar-refractivity contribution is -0.763. The van der Waals surface area contributed by atoms with Crippen LogP contribution in [0.5, 0.6) is 0 Å². The van der Waals surface area contributed by atoms with E-state index in [1.165, 1.54) is 11.8 Å². The summed E-state index contributed by atoms with van der Waals surface area (Å²) >= 11 is 4.15. The van der Waals surface area contributed by atoms with Crippen molar-refractivity contribution in [2.24, 2.45) is 11.7 Å². The van der Waals surface area contributed by atoms with Crippen molar-refractivity contribution in [3.63, 3.8) is 0 Å². The average Bonchev–Trinajstić information content (AvgIpc) is 3.20. The zero-order valence-electron chi connectivity index (χ0n) is 17.5. The summed E-state index contributed by atoms with van der Waals surface area (Å²) in [6.07, 6.45) is 0.623. The Balaban J connectivity index is 2.18. The predicted octanol–water partition coefficient (Wildman–Crippen LogP) is 1.28. The third-order valence-corrected chi connectivity index (χ3v) is 5.78. The second-order valence-corrected chi connectivity index (χ2v) is 7.95. The van der Waals surface area contributed by atoms with Crippen LogP contribution in [0.25, 0.3) is 0 Å². The number of benzene rings is 1. The molecule has 3 atom stereocenters. The summed E-state index contributed by atoms with van der Waals surface area (Å²) in [7, 11) is 0. The van der Waals surface area contributed by atoms with Gasteiger partial charge in [-0.25, -0.2) is 4.79 Å². The van der Waals surface area contributed by atoms with Gasteiger partial charge in [-0.15, -0.1) is 10.1 Å². The maximum absolute atomic E-state index is 13.2. The lowest BCUT2D eigenvalue weighted by atomic mass is 9.86. The van der Waals surface area contributed by atoms with E-state index in [1.807, 2.05) is 0 Å². The Morgan fingerprint density at radius 1 is 1.23 bits per heavy atom. The van der Waals surface area contributed by atoms with Gasteiger partial charge in [-0.2, -0.15) is 12.6 Å². The van der Waals surface area contributed by atoms with Crippen LogP contribution in [0, 0.1) is 16.0 Å². The molecule has 1 aromatic carbocycles. The highest BCUT2D eigenvalue weighted by atomic mass is 32.1. The van der Waals surface area contributed by atoms with E-state index in [2.05, 4.69) is 17.5 Å². The maximum Gasteiger partial charge on any atom is 0.340 e. The summed E-state index contributed by atoms with van der Waals surface area (Å²) in [6, 6.07) is 5.53. The van der Waals surface area contributed by atoms with Crippen LogP contribution in [0.3, 0.4) is 0 Å². The van der Waals surface area contributed by atoms with Crippen molar-refractivity contribution in [2.75, 3.05) is 12.3 Å². The molecule has 0 aromatic heterocycles. The van der Waals surface area contributed by atoms with Crippen molar-refractivity contribution in [2.45, 2.75) is 51.5 Å². The average molecular weight is 454 g/mol. The highest BCUT2D eigenvalue weighted by Crippen LogP contribution is 2.34. The quantitative estimate of drug-likeness (QED) is 0.177. The van der Waals surface area contributed by atoms with Gasteiger partial charge in [-0.3, -0.25) is 9.59 Å². The molecule has 1 amide bonds. The molecule has 0 radical (unpaired) electrons. The second-order valence-electron chi connectivity index (χ2n) is 7.58. The molecule has 1 aromatic rings. The van der Waals surface area contributed by atoms with E-state index in [-0.39, 0.29) is 37.8 Å². The van der Waals surface area contributed by atoms with E-state index >= 15 is 0 Å². The molecule has 0 saturated carbocycles. The molecule has 170 valence electrons. The van der Waals surface area contributed by atoms with Crippen LogP contribution in [-0.2, 0) is 37.2 Å². The van der Waals surface area contributed by atoms with Gasteiger partial charge in [0.2, 0.25) is 11.4 Å². The Morgan fingerprint density at radius 2 is 1.81 bits per heavy atom. The number of likely N-dealkylation sites (tertiary alicyclic amines) is 1. The molecular weight excluding hydrogens is 426 g/mol. The number of nitrogens with two attached hydrogens (primary N) is 1. The van der Waals surface area contributed by atoms with E-state index < -0.39 is 34.3 Å². The van der Waals surface area contributed by atoms with Crippen LogP contribution in [0.15, 0.2) is 24.3 Å². The third kappa shape index (κ3) is 5.53. The van der Waals surface area contributed by atoms with E-state index in [4.69, 9.17) is 10.5 Å². The van der Waals surface area contributed by atoms with Crippen molar-refractivity contribution >= 4 is 30.3 Å². The number of rotatable bonds is 10. The van der Waals surface area contributed by atoms with Gasteiger partial charge in [0.1, 0.15) is 13.2 Å². The highest BCUT2D eigenvalue weighted by Gasteiger charge is 2.57. The Morgan fingerprint density at radius 3 is 2.32 bits per heavy atom. The van der Waals surface area contributed by atoms with Crippen molar-refractivity contribution in [1.82, 2.24) is 4.90 Å². The Labute approximate surface area is 185 Å². The molecule has 0 spiro atoms. The van der Waals surface area contributed by atoms with Gasteiger partial charge in [0.15, 0.2) is 5.78 Å². The van der Waals surface area contributed by atoms with Crippen molar-refractivity contribution < 1.29 is 29.0 Å². The van der Waals surface area contributed by atoms with Crippen LogP contribution < -0.4 is 5.73 Å². The van der Waals surface area contributed by atoms with Crippen LogP contribution in [0.1, 0.15) is 37.8 Å². The minimum absolute atomic E-state index is 0.132. The molecule has 1 aliphatic heterocycles. The summed E-state index contributed by atoms with van der Waals surface area (Å²) in [5.41, 5.74) is 5.25. The monoisotopic (exact) mass is 453 g/mol. The number of esters is 1. The zero-order valence-corrected chi connectivity index (χ0v) is 18.4. The normalized spacial score (nSPS) is 20.1. The molecule has 11 heteroatoms. The molecule has 2 N–H and O–H groups in total. The summed E-state index contributed by atoms with van der Waals surface area (Å²) in [5, 5.41) is 9.39. The molecule has 10 nitrogen and oxygen atoms in total. The first-order valence-corrected chi connectivity index (χ1v) is 10.5. The van der Waals surface area contributed by atoms with Gasteiger partial charge in [-0.1, -0.05) is 31.2 Å². The minimum atomic E-state index is -1.75. The van der Waals surface area contributed by atoms with Crippen LogP contribution in [0.2, 0.25) is 0 Å². The van der Waals surface area contributed by atoms with Gasteiger partial charge in [-0.05, 0) is 30.9 Å². The number of carbonyl (C=O) groups excluding carboxylic acids is 3. The molecule has 1 fully saturated rings. The molecule has 31 heavy (non-hydrogen) atoms. The fraction of sp³-hybridized carbons (Fsp3) is 0.550. The molecular formula is C20H27N3O7S. The van der Waals surface area contributed by atoms with Crippen LogP contribution in [0.4, 0.5) is 0 Å². The minimum Gasteiger partial charge on any atom is -0.459 e. The lowest BCUT2D eigenvalue weighted by Gasteiger charge is -2.37. The predicted molar refractivity (Wildman–Crippen MR) is 113 cm³/mol. The molecule has 1 saturated heterocycles. The summed E-state index contributed by atoms with van der Waals surface area (Å²) in [5.74, 6) is -1.90. The Bertz CT molecular complexity index is 831. The van der Waals surface area contributed by atoms with E-state index in [0.29, 0.717) is 17.5 Å². The summed E-state index contributed by atoms with van der Waals surface area (Å²) in [6.45, 7) is 3.10. The van der Waals surface area contributed by atoms with Crippen molar-refractivity contribution in [3.8, 4) is 0 Å². The molecule has 0 aliphatic carbocycles. The second kappa shape index (κ2) is 10.6. The SMILES string of the molecule is CC(N)C(=O)[C@]1(C(=O)OCc2ccc(CO[N+](=O)[O-])cc2)CCCN1C(=O)C(C)CS. The highest BCUT2D eigenvalue weighted by molar-refractivity contribution is 7.80. The van der Waals surface area contributed by atoms with E-state index in [0.717, 1.165) is 0 Å². The number of nitrogens with zero attached hydrogens (tertiary/aromatic N) is 2. The Hall–Kier alpha value is -2.66. The summed E-state index contributed by atoms with van der Waals surface area (Å²) < 4.78 is 5.45. The lowest BCUT2D eigenvalue weighted by Crippen LogP contribution is -2.63. The van der Waals surface area contributed by atoms with Crippen molar-refractivity contribution in [1.29, 1.82) is 0 Å². The van der Waals surface area contributed by atoms with Crippen LogP contribution >= 0.6 is 12.6 Å². The first kappa shape index (κ1) is 24.6. The fourth-order valence-corrected chi connectivity index (χ4v) is 3.69. The van der Waals surface area contributed by atoms with Crippen LogP contribution in [-0.4, -0.2) is 51.5 Å². The van der Waals surface area contributed by atoms with Gasteiger partial charge >= 0.3 is 5.97 Å². The van der Waals surface area contributed by atoms with E-state index in [1.54, 1.807) is 31.2 Å². The smallest absolute Gasteiger partial charge is 0.340 e. The number of hydrogen-bond donors (Lipinski definition) is 2. The topological polar surface area (TPSA) is 142 Å². The Kier molecular flexibility index (Phi) is 8.40. The molecule has 1 heterocycles. The fourth-order valence-electron chi connectivity index (χ4n) is 3.53. The first-order chi connectivity index (χ1) is 14.6. The van der Waals surface area contributed by atoms with Crippen molar-refractivity contribution in [3.05, 3.63) is 45.5 Å². The summed E-state index contributed by atoms with van der Waals surface area (Å²) in [4.78, 5) is 54.9. The number of Topliss-reactive ketones (excluding diaryl/α,β-unsaturated/α-hetero) is 1. The largest absolute Gasteiger partial charge is 0.459 e. The molecule has 2 unspecified atom stereocenters. The number of ether oxygens (including phenoxy) is 1. The van der Waals surface area contributed by atoms with Gasteiger partial charge in [0, 0.05) is 18.2 Å². The first-order valence-electron chi connectivity index (χ1n) is 9.88.